The van der Waals surface area contributed by atoms with E-state index in [0.29, 0.717) is 50.7 Å². The highest BCUT2D eigenvalue weighted by Crippen LogP contribution is 2.10. The van der Waals surface area contributed by atoms with E-state index in [4.69, 9.17) is 23.7 Å². The molecule has 1 atom stereocenters. The number of esters is 1. The molecule has 0 radical (unpaired) electrons. The molecule has 1 unspecified atom stereocenters. The smallest absolute Gasteiger partial charge is 0.335 e. The first-order valence-corrected chi connectivity index (χ1v) is 9.76. The van der Waals surface area contributed by atoms with Crippen LogP contribution in [-0.4, -0.2) is 77.6 Å². The van der Waals surface area contributed by atoms with E-state index in [1.54, 1.807) is 38.3 Å². The van der Waals surface area contributed by atoms with Gasteiger partial charge in [-0.1, -0.05) is 0 Å². The summed E-state index contributed by atoms with van der Waals surface area (Å²) >= 11 is 0. The Balaban J connectivity index is 1.95. The summed E-state index contributed by atoms with van der Waals surface area (Å²) < 4.78 is 25.5. The first-order valence-electron chi connectivity index (χ1n) is 9.76. The molecule has 0 aromatic heterocycles. The number of amides is 1. The van der Waals surface area contributed by atoms with E-state index in [-0.39, 0.29) is 24.7 Å². The number of benzene rings is 1. The summed E-state index contributed by atoms with van der Waals surface area (Å²) in [5.41, 5.74) is 0.552. The summed E-state index contributed by atoms with van der Waals surface area (Å²) in [7, 11) is 2.97. The molecule has 0 saturated heterocycles. The molecular formula is C21H31NO8. The summed E-state index contributed by atoms with van der Waals surface area (Å²) in [5.74, 6) is -0.206. The number of carbonyl (C=O) groups is 3. The summed E-state index contributed by atoms with van der Waals surface area (Å²) in [6.45, 7) is 3.25. The molecule has 0 aliphatic carbocycles. The van der Waals surface area contributed by atoms with Gasteiger partial charge in [-0.25, -0.2) is 4.79 Å². The van der Waals surface area contributed by atoms with E-state index in [2.05, 4.69) is 5.32 Å². The Kier molecular flexibility index (Phi) is 13.1. The van der Waals surface area contributed by atoms with E-state index < -0.39 is 12.1 Å². The second kappa shape index (κ2) is 15.4. The molecular weight excluding hydrogens is 394 g/mol. The Morgan fingerprint density at radius 3 is 2.27 bits per heavy atom. The van der Waals surface area contributed by atoms with Crippen molar-refractivity contribution in [2.75, 3.05) is 53.8 Å². The largest absolute Gasteiger partial charge is 0.497 e. The number of ether oxygens (including phenoxy) is 5. The predicted molar refractivity (Wildman–Crippen MR) is 109 cm³/mol. The lowest BCUT2D eigenvalue weighted by molar-refractivity contribution is -0.157. The Hall–Kier alpha value is -2.49. The number of methoxy groups -OCH3 is 2. The zero-order valence-corrected chi connectivity index (χ0v) is 17.8. The minimum atomic E-state index is -0.683. The molecule has 0 heterocycles. The van der Waals surface area contributed by atoms with E-state index in [1.165, 1.54) is 7.11 Å². The van der Waals surface area contributed by atoms with Crippen molar-refractivity contribution in [3.8, 4) is 5.75 Å². The fourth-order valence-corrected chi connectivity index (χ4v) is 2.21. The molecule has 0 spiro atoms. The van der Waals surface area contributed by atoms with Crippen LogP contribution in [0.2, 0.25) is 0 Å². The zero-order chi connectivity index (χ0) is 22.2. The summed E-state index contributed by atoms with van der Waals surface area (Å²) in [6, 6.07) is 6.84. The highest BCUT2D eigenvalue weighted by atomic mass is 16.6. The standard InChI is InChI=1S/C21H31NO8/c1-16(26-2)21(25)30-15-18(23)5-4-11-28-13-14-29-12-10-22-20(24)17-6-8-19(27-3)9-7-17/h6-9,16H,4-5,10-15H2,1-3H3,(H,22,24). The van der Waals surface area contributed by atoms with Gasteiger partial charge in [0.2, 0.25) is 0 Å². The number of hydrogen-bond donors (Lipinski definition) is 1. The zero-order valence-electron chi connectivity index (χ0n) is 17.8. The van der Waals surface area contributed by atoms with Gasteiger partial charge in [-0.3, -0.25) is 9.59 Å². The average Bonchev–Trinajstić information content (AvgIpc) is 2.77. The maximum absolute atomic E-state index is 11.9. The van der Waals surface area contributed by atoms with Crippen LogP contribution < -0.4 is 10.1 Å². The van der Waals surface area contributed by atoms with Crippen molar-refractivity contribution in [3.05, 3.63) is 29.8 Å². The fraction of sp³-hybridized carbons (Fsp3) is 0.571. The van der Waals surface area contributed by atoms with Crippen LogP contribution in [0.3, 0.4) is 0 Å². The molecule has 0 saturated carbocycles. The van der Waals surface area contributed by atoms with Crippen LogP contribution in [0.25, 0.3) is 0 Å². The molecule has 9 nitrogen and oxygen atoms in total. The summed E-state index contributed by atoms with van der Waals surface area (Å²) in [4.78, 5) is 34.9. The summed E-state index contributed by atoms with van der Waals surface area (Å²) in [5, 5.41) is 2.76. The lowest BCUT2D eigenvalue weighted by atomic mass is 10.2. The Bertz CT molecular complexity index is 647. The number of ketones is 1. The fourth-order valence-electron chi connectivity index (χ4n) is 2.21. The Morgan fingerprint density at radius 1 is 0.967 bits per heavy atom. The van der Waals surface area contributed by atoms with Gasteiger partial charge < -0.3 is 29.0 Å². The number of rotatable bonds is 16. The van der Waals surface area contributed by atoms with Crippen molar-refractivity contribution >= 4 is 17.7 Å². The monoisotopic (exact) mass is 425 g/mol. The van der Waals surface area contributed by atoms with Crippen LogP contribution >= 0.6 is 0 Å². The third-order valence-electron chi connectivity index (χ3n) is 4.06. The van der Waals surface area contributed by atoms with E-state index in [9.17, 15) is 14.4 Å². The molecule has 9 heteroatoms. The molecule has 168 valence electrons. The molecule has 0 bridgehead atoms. The van der Waals surface area contributed by atoms with Crippen LogP contribution in [0.1, 0.15) is 30.1 Å². The van der Waals surface area contributed by atoms with Crippen LogP contribution in [0.15, 0.2) is 24.3 Å². The molecule has 0 aliphatic heterocycles. The van der Waals surface area contributed by atoms with Crippen LogP contribution in [0.4, 0.5) is 0 Å². The molecule has 1 rings (SSSR count). The highest BCUT2D eigenvalue weighted by Gasteiger charge is 2.14. The number of Topliss-reactive ketones (excluding diaryl/α,β-unsaturated/α-hetero) is 1. The maximum atomic E-state index is 11.9. The van der Waals surface area contributed by atoms with Crippen LogP contribution in [0.5, 0.6) is 5.75 Å². The minimum Gasteiger partial charge on any atom is -0.497 e. The minimum absolute atomic E-state index is 0.167. The van der Waals surface area contributed by atoms with Crippen molar-refractivity contribution in [1.82, 2.24) is 5.32 Å². The van der Waals surface area contributed by atoms with Gasteiger partial charge >= 0.3 is 5.97 Å². The highest BCUT2D eigenvalue weighted by molar-refractivity contribution is 5.94. The lowest BCUT2D eigenvalue weighted by Crippen LogP contribution is -2.27. The van der Waals surface area contributed by atoms with Crippen molar-refractivity contribution in [2.24, 2.45) is 0 Å². The molecule has 1 amide bonds. The third-order valence-corrected chi connectivity index (χ3v) is 4.06. The van der Waals surface area contributed by atoms with E-state index in [0.717, 1.165) is 0 Å². The first kappa shape index (κ1) is 25.5. The molecule has 0 aliphatic rings. The number of carbonyl (C=O) groups excluding carboxylic acids is 3. The van der Waals surface area contributed by atoms with Gasteiger partial charge in [0, 0.05) is 32.2 Å². The van der Waals surface area contributed by atoms with E-state index in [1.807, 2.05) is 0 Å². The topological polar surface area (TPSA) is 109 Å². The van der Waals surface area contributed by atoms with Crippen molar-refractivity contribution in [1.29, 1.82) is 0 Å². The molecule has 1 aromatic rings. The van der Waals surface area contributed by atoms with Gasteiger partial charge in [0.25, 0.3) is 5.91 Å². The van der Waals surface area contributed by atoms with Gasteiger partial charge in [0.1, 0.15) is 12.4 Å². The van der Waals surface area contributed by atoms with Gasteiger partial charge in [-0.05, 0) is 37.6 Å². The van der Waals surface area contributed by atoms with Crippen molar-refractivity contribution < 1.29 is 38.1 Å². The third kappa shape index (κ3) is 10.9. The van der Waals surface area contributed by atoms with Crippen LogP contribution in [0, 0.1) is 0 Å². The van der Waals surface area contributed by atoms with Gasteiger partial charge in [0.05, 0.1) is 26.9 Å². The van der Waals surface area contributed by atoms with Crippen LogP contribution in [-0.2, 0) is 28.5 Å². The molecule has 1 N–H and O–H groups in total. The molecule has 1 aromatic carbocycles. The maximum Gasteiger partial charge on any atom is 0.335 e. The van der Waals surface area contributed by atoms with Gasteiger partial charge in [-0.2, -0.15) is 0 Å². The Morgan fingerprint density at radius 2 is 1.63 bits per heavy atom. The quantitative estimate of drug-likeness (QED) is 0.313. The second-order valence-electron chi connectivity index (χ2n) is 6.34. The predicted octanol–water partition coefficient (Wildman–Crippen LogP) is 1.39. The van der Waals surface area contributed by atoms with E-state index >= 15 is 0 Å². The number of hydrogen-bond acceptors (Lipinski definition) is 8. The molecule has 0 fully saturated rings. The number of nitrogens with one attached hydrogen (secondary N) is 1. The van der Waals surface area contributed by atoms with Gasteiger partial charge in [-0.15, -0.1) is 0 Å². The normalized spacial score (nSPS) is 11.6. The average molecular weight is 425 g/mol. The van der Waals surface area contributed by atoms with Crippen molar-refractivity contribution in [2.45, 2.75) is 25.9 Å². The summed E-state index contributed by atoms with van der Waals surface area (Å²) in [6.07, 6.45) is 0.123. The Labute approximate surface area is 177 Å². The molecule has 30 heavy (non-hydrogen) atoms. The second-order valence-corrected chi connectivity index (χ2v) is 6.34. The lowest BCUT2D eigenvalue weighted by Gasteiger charge is -2.09. The SMILES string of the molecule is COc1ccc(C(=O)NCCOCCOCCCC(=O)COC(=O)C(C)OC)cc1. The van der Waals surface area contributed by atoms with Gasteiger partial charge in [0.15, 0.2) is 11.9 Å². The first-order chi connectivity index (χ1) is 14.5. The van der Waals surface area contributed by atoms with Crippen molar-refractivity contribution in [3.63, 3.8) is 0 Å².